The largest absolute Gasteiger partial charge is 0.496 e. The van der Waals surface area contributed by atoms with Crippen LogP contribution in [-0.2, 0) is 0 Å². The van der Waals surface area contributed by atoms with Crippen LogP contribution in [0.3, 0.4) is 0 Å². The summed E-state index contributed by atoms with van der Waals surface area (Å²) in [6.45, 7) is 2.49. The van der Waals surface area contributed by atoms with Crippen molar-refractivity contribution in [1.29, 1.82) is 0 Å². The number of para-hydroxylation sites is 1. The number of aliphatic hydroxyl groups is 1. The van der Waals surface area contributed by atoms with Crippen molar-refractivity contribution in [3.63, 3.8) is 0 Å². The second-order valence-electron chi connectivity index (χ2n) is 3.27. The van der Waals surface area contributed by atoms with Crippen LogP contribution < -0.4 is 10.1 Å². The first kappa shape index (κ1) is 11.0. The van der Waals surface area contributed by atoms with Gasteiger partial charge in [-0.2, -0.15) is 0 Å². The highest BCUT2D eigenvalue weighted by Gasteiger charge is 2.13. The average Bonchev–Trinajstić information content (AvgIpc) is 2.17. The molecule has 1 aromatic carbocycles. The number of aliphatic hydroxyl groups excluding tert-OH is 1. The lowest BCUT2D eigenvalue weighted by Crippen LogP contribution is -2.17. The first-order valence-corrected chi connectivity index (χ1v) is 4.67. The van der Waals surface area contributed by atoms with E-state index in [9.17, 15) is 5.11 Å². The van der Waals surface area contributed by atoms with Crippen molar-refractivity contribution in [2.45, 2.75) is 13.0 Å². The number of nitrogens with one attached hydrogen (secondary N) is 1. The average molecular weight is 195 g/mol. The molecular weight excluding hydrogens is 178 g/mol. The number of ether oxygens (including phenoxy) is 1. The molecule has 0 aliphatic rings. The maximum atomic E-state index is 9.81. The van der Waals surface area contributed by atoms with Gasteiger partial charge < -0.3 is 15.2 Å². The van der Waals surface area contributed by atoms with Crippen molar-refractivity contribution in [2.75, 3.05) is 20.7 Å². The van der Waals surface area contributed by atoms with Gasteiger partial charge in [-0.05, 0) is 19.5 Å². The van der Waals surface area contributed by atoms with Crippen molar-refractivity contribution in [3.05, 3.63) is 29.3 Å². The first-order valence-electron chi connectivity index (χ1n) is 4.67. The Morgan fingerprint density at radius 1 is 1.50 bits per heavy atom. The Kier molecular flexibility index (Phi) is 3.92. The molecule has 0 bridgehead atoms. The maximum Gasteiger partial charge on any atom is 0.127 e. The predicted molar refractivity (Wildman–Crippen MR) is 56.6 cm³/mol. The van der Waals surface area contributed by atoms with E-state index in [-0.39, 0.29) is 0 Å². The van der Waals surface area contributed by atoms with Crippen LogP contribution in [0.5, 0.6) is 5.75 Å². The summed E-state index contributed by atoms with van der Waals surface area (Å²) >= 11 is 0. The van der Waals surface area contributed by atoms with Crippen LogP contribution >= 0.6 is 0 Å². The standard InChI is InChI=1S/C11H17NO2/c1-8-5-4-6-9(11(8)14-3)10(13)7-12-2/h4-6,10,12-13H,7H2,1-3H3. The van der Waals surface area contributed by atoms with E-state index in [1.807, 2.05) is 32.2 Å². The molecule has 1 atom stereocenters. The van der Waals surface area contributed by atoms with Gasteiger partial charge in [0.1, 0.15) is 5.75 Å². The van der Waals surface area contributed by atoms with E-state index in [4.69, 9.17) is 4.74 Å². The van der Waals surface area contributed by atoms with Gasteiger partial charge in [0.15, 0.2) is 0 Å². The number of aryl methyl sites for hydroxylation is 1. The first-order chi connectivity index (χ1) is 6.70. The summed E-state index contributed by atoms with van der Waals surface area (Å²) in [5.41, 5.74) is 1.88. The van der Waals surface area contributed by atoms with Crippen LogP contribution in [0.4, 0.5) is 0 Å². The molecule has 0 aliphatic heterocycles. The summed E-state index contributed by atoms with van der Waals surface area (Å²) in [4.78, 5) is 0. The van der Waals surface area contributed by atoms with E-state index >= 15 is 0 Å². The summed E-state index contributed by atoms with van der Waals surface area (Å²) in [6.07, 6.45) is -0.519. The Morgan fingerprint density at radius 2 is 2.21 bits per heavy atom. The minimum Gasteiger partial charge on any atom is -0.496 e. The Bertz CT molecular complexity index is 299. The van der Waals surface area contributed by atoms with E-state index in [2.05, 4.69) is 5.32 Å². The van der Waals surface area contributed by atoms with Gasteiger partial charge in [0.2, 0.25) is 0 Å². The van der Waals surface area contributed by atoms with Crippen molar-refractivity contribution >= 4 is 0 Å². The van der Waals surface area contributed by atoms with E-state index in [0.29, 0.717) is 6.54 Å². The van der Waals surface area contributed by atoms with Crippen LogP contribution in [0.2, 0.25) is 0 Å². The van der Waals surface area contributed by atoms with Crippen molar-refractivity contribution < 1.29 is 9.84 Å². The summed E-state index contributed by atoms with van der Waals surface area (Å²) in [5.74, 6) is 0.773. The zero-order valence-electron chi connectivity index (χ0n) is 8.87. The highest BCUT2D eigenvalue weighted by molar-refractivity contribution is 5.42. The molecule has 3 heteroatoms. The highest BCUT2D eigenvalue weighted by Crippen LogP contribution is 2.27. The van der Waals surface area contributed by atoms with Crippen LogP contribution in [0, 0.1) is 6.92 Å². The third kappa shape index (κ3) is 2.25. The molecule has 0 saturated carbocycles. The maximum absolute atomic E-state index is 9.81. The molecule has 0 fully saturated rings. The molecule has 0 saturated heterocycles. The molecule has 78 valence electrons. The summed E-state index contributed by atoms with van der Waals surface area (Å²) in [7, 11) is 3.43. The van der Waals surface area contributed by atoms with Crippen LogP contribution in [0.15, 0.2) is 18.2 Å². The lowest BCUT2D eigenvalue weighted by molar-refractivity contribution is 0.173. The topological polar surface area (TPSA) is 41.5 Å². The number of rotatable bonds is 4. The third-order valence-corrected chi connectivity index (χ3v) is 2.20. The zero-order valence-corrected chi connectivity index (χ0v) is 8.87. The Morgan fingerprint density at radius 3 is 2.79 bits per heavy atom. The summed E-state index contributed by atoms with van der Waals surface area (Å²) in [6, 6.07) is 5.77. The fraction of sp³-hybridized carbons (Fsp3) is 0.455. The number of hydrogen-bond donors (Lipinski definition) is 2. The fourth-order valence-corrected chi connectivity index (χ4v) is 1.52. The summed E-state index contributed by atoms with van der Waals surface area (Å²) < 4.78 is 5.26. The molecule has 0 radical (unpaired) electrons. The lowest BCUT2D eigenvalue weighted by Gasteiger charge is -2.15. The molecule has 1 unspecified atom stereocenters. The number of hydrogen-bond acceptors (Lipinski definition) is 3. The smallest absolute Gasteiger partial charge is 0.127 e. The quantitative estimate of drug-likeness (QED) is 0.760. The molecule has 2 N–H and O–H groups in total. The SMILES string of the molecule is CNCC(O)c1cccc(C)c1OC. The minimum absolute atomic E-state index is 0.519. The van der Waals surface area contributed by atoms with Gasteiger partial charge in [-0.15, -0.1) is 0 Å². The molecule has 0 heterocycles. The van der Waals surface area contributed by atoms with E-state index in [1.54, 1.807) is 7.11 Å². The Hall–Kier alpha value is -1.06. The molecule has 0 aliphatic carbocycles. The third-order valence-electron chi connectivity index (χ3n) is 2.20. The van der Waals surface area contributed by atoms with E-state index in [0.717, 1.165) is 16.9 Å². The molecule has 3 nitrogen and oxygen atoms in total. The van der Waals surface area contributed by atoms with E-state index in [1.165, 1.54) is 0 Å². The van der Waals surface area contributed by atoms with Crippen LogP contribution in [0.1, 0.15) is 17.2 Å². The Balaban J connectivity index is 3.00. The summed E-state index contributed by atoms with van der Waals surface area (Å²) in [5, 5.41) is 12.7. The number of methoxy groups -OCH3 is 1. The zero-order chi connectivity index (χ0) is 10.6. The van der Waals surface area contributed by atoms with Gasteiger partial charge in [0.25, 0.3) is 0 Å². The number of likely N-dealkylation sites (N-methyl/N-ethyl adjacent to an activating group) is 1. The molecule has 0 amide bonds. The van der Waals surface area contributed by atoms with Crippen LogP contribution in [-0.4, -0.2) is 25.8 Å². The molecule has 0 spiro atoms. The fourth-order valence-electron chi connectivity index (χ4n) is 1.52. The number of benzene rings is 1. The highest BCUT2D eigenvalue weighted by atomic mass is 16.5. The normalized spacial score (nSPS) is 12.6. The van der Waals surface area contributed by atoms with Gasteiger partial charge in [0, 0.05) is 12.1 Å². The molecular formula is C11H17NO2. The van der Waals surface area contributed by atoms with Crippen molar-refractivity contribution in [2.24, 2.45) is 0 Å². The minimum atomic E-state index is -0.519. The molecule has 1 aromatic rings. The van der Waals surface area contributed by atoms with Crippen molar-refractivity contribution in [3.8, 4) is 5.75 Å². The van der Waals surface area contributed by atoms with Crippen molar-refractivity contribution in [1.82, 2.24) is 5.32 Å². The molecule has 1 rings (SSSR count). The van der Waals surface area contributed by atoms with Crippen LogP contribution in [0.25, 0.3) is 0 Å². The second kappa shape index (κ2) is 4.98. The van der Waals surface area contributed by atoms with Gasteiger partial charge in [-0.25, -0.2) is 0 Å². The predicted octanol–water partition coefficient (Wildman–Crippen LogP) is 1.26. The van der Waals surface area contributed by atoms with Gasteiger partial charge >= 0.3 is 0 Å². The Labute approximate surface area is 84.7 Å². The van der Waals surface area contributed by atoms with Gasteiger partial charge in [-0.1, -0.05) is 18.2 Å². The molecule has 0 aromatic heterocycles. The lowest BCUT2D eigenvalue weighted by atomic mass is 10.0. The van der Waals surface area contributed by atoms with Gasteiger partial charge in [-0.3, -0.25) is 0 Å². The van der Waals surface area contributed by atoms with Gasteiger partial charge in [0.05, 0.1) is 13.2 Å². The van der Waals surface area contributed by atoms with E-state index < -0.39 is 6.10 Å². The monoisotopic (exact) mass is 195 g/mol. The molecule has 14 heavy (non-hydrogen) atoms. The second-order valence-corrected chi connectivity index (χ2v) is 3.27.